The normalized spacial score (nSPS) is 21.5. The van der Waals surface area contributed by atoms with Gasteiger partial charge in [-0.3, -0.25) is 9.59 Å². The van der Waals surface area contributed by atoms with E-state index < -0.39 is 17.7 Å². The predicted molar refractivity (Wildman–Crippen MR) is 119 cm³/mol. The maximum absolute atomic E-state index is 13.1. The van der Waals surface area contributed by atoms with Crippen LogP contribution in [0.2, 0.25) is 0 Å². The van der Waals surface area contributed by atoms with Crippen molar-refractivity contribution < 1.29 is 27.9 Å². The molecule has 2 aromatic carbocycles. The highest BCUT2D eigenvalue weighted by molar-refractivity contribution is 5.98. The van der Waals surface area contributed by atoms with Crippen molar-refractivity contribution in [2.45, 2.75) is 44.4 Å². The minimum Gasteiger partial charge on any atom is -0.391 e. The first kappa shape index (κ1) is 23.3. The lowest BCUT2D eigenvalue weighted by atomic mass is 9.90. The van der Waals surface area contributed by atoms with Crippen molar-refractivity contribution in [3.05, 3.63) is 59.7 Å². The molecular weight excluding hydrogens is 433 g/mol. The fraction of sp³-hybridized carbons (Fsp3) is 0.440. The Kier molecular flexibility index (Phi) is 6.74. The zero-order valence-electron chi connectivity index (χ0n) is 18.2. The number of aliphatic hydroxyl groups excluding tert-OH is 1. The summed E-state index contributed by atoms with van der Waals surface area (Å²) in [5.41, 5.74) is 1.55. The molecule has 8 heteroatoms. The molecule has 0 saturated carbocycles. The fourth-order valence-electron chi connectivity index (χ4n) is 4.60. The number of hydrogen-bond donors (Lipinski definition) is 1. The second-order valence-electron chi connectivity index (χ2n) is 8.85. The number of piperidine rings is 1. The van der Waals surface area contributed by atoms with E-state index in [1.54, 1.807) is 4.90 Å². The number of ketones is 1. The van der Waals surface area contributed by atoms with Crippen LogP contribution in [0.25, 0.3) is 0 Å². The molecule has 4 rings (SSSR count). The molecule has 0 aliphatic carbocycles. The Morgan fingerprint density at radius 3 is 2.24 bits per heavy atom. The van der Waals surface area contributed by atoms with Gasteiger partial charge in [0.05, 0.1) is 11.7 Å². The van der Waals surface area contributed by atoms with Crippen LogP contribution in [0.3, 0.4) is 0 Å². The van der Waals surface area contributed by atoms with Crippen molar-refractivity contribution in [3.8, 4) is 0 Å². The SMILES string of the molecule is O=C(Cc1ccc(C(F)(F)F)cc1)C[C@@H]1CCCN(c2ccc(N3CC[C@@H](O)C3)cc2)C1=O. The third-order valence-corrected chi connectivity index (χ3v) is 6.40. The third-order valence-electron chi connectivity index (χ3n) is 6.40. The molecule has 0 radical (unpaired) electrons. The van der Waals surface area contributed by atoms with Crippen LogP contribution >= 0.6 is 0 Å². The summed E-state index contributed by atoms with van der Waals surface area (Å²) in [5.74, 6) is -0.668. The van der Waals surface area contributed by atoms with E-state index >= 15 is 0 Å². The second kappa shape index (κ2) is 9.55. The van der Waals surface area contributed by atoms with E-state index in [0.29, 0.717) is 25.1 Å². The van der Waals surface area contributed by atoms with Crippen molar-refractivity contribution >= 4 is 23.1 Å². The van der Waals surface area contributed by atoms with Crippen molar-refractivity contribution in [2.75, 3.05) is 29.4 Å². The zero-order chi connectivity index (χ0) is 23.6. The Balaban J connectivity index is 1.35. The van der Waals surface area contributed by atoms with Crippen molar-refractivity contribution in [1.29, 1.82) is 0 Å². The lowest BCUT2D eigenvalue weighted by Gasteiger charge is -2.32. The molecular formula is C25H27F3N2O3. The van der Waals surface area contributed by atoms with E-state index in [-0.39, 0.29) is 30.6 Å². The summed E-state index contributed by atoms with van der Waals surface area (Å²) in [7, 11) is 0. The monoisotopic (exact) mass is 460 g/mol. The summed E-state index contributed by atoms with van der Waals surface area (Å²) >= 11 is 0. The fourth-order valence-corrected chi connectivity index (χ4v) is 4.60. The molecule has 2 heterocycles. The molecule has 0 spiro atoms. The Hall–Kier alpha value is -2.87. The molecule has 0 unspecified atom stereocenters. The molecule has 2 aliphatic rings. The highest BCUT2D eigenvalue weighted by Crippen LogP contribution is 2.31. The van der Waals surface area contributed by atoms with Crippen LogP contribution in [0, 0.1) is 5.92 Å². The van der Waals surface area contributed by atoms with Gasteiger partial charge < -0.3 is 14.9 Å². The number of aliphatic hydroxyl groups is 1. The first-order chi connectivity index (χ1) is 15.7. The number of alkyl halides is 3. The molecule has 2 atom stereocenters. The van der Waals surface area contributed by atoms with Gasteiger partial charge in [0.25, 0.3) is 0 Å². The minimum atomic E-state index is -4.41. The number of carbonyl (C=O) groups excluding carboxylic acids is 2. The number of anilines is 2. The molecule has 1 N–H and O–H groups in total. The molecule has 2 aromatic rings. The van der Waals surface area contributed by atoms with Crippen molar-refractivity contribution in [2.24, 2.45) is 5.92 Å². The summed E-state index contributed by atoms with van der Waals surface area (Å²) in [5, 5.41) is 9.73. The summed E-state index contributed by atoms with van der Waals surface area (Å²) in [6.07, 6.45) is -2.47. The summed E-state index contributed by atoms with van der Waals surface area (Å²) < 4.78 is 38.1. The van der Waals surface area contributed by atoms with Crippen LogP contribution in [0.15, 0.2) is 48.5 Å². The van der Waals surface area contributed by atoms with Gasteiger partial charge in [0, 0.05) is 49.8 Å². The van der Waals surface area contributed by atoms with Crippen LogP contribution < -0.4 is 9.80 Å². The zero-order valence-corrected chi connectivity index (χ0v) is 18.2. The van der Waals surface area contributed by atoms with Gasteiger partial charge in [-0.1, -0.05) is 12.1 Å². The Bertz CT molecular complexity index is 989. The van der Waals surface area contributed by atoms with Crippen LogP contribution in [0.4, 0.5) is 24.5 Å². The average Bonchev–Trinajstić information content (AvgIpc) is 3.21. The second-order valence-corrected chi connectivity index (χ2v) is 8.85. The van der Waals surface area contributed by atoms with Crippen LogP contribution in [-0.4, -0.2) is 42.5 Å². The quantitative estimate of drug-likeness (QED) is 0.701. The summed E-state index contributed by atoms with van der Waals surface area (Å²) in [4.78, 5) is 29.4. The van der Waals surface area contributed by atoms with Gasteiger partial charge in [-0.15, -0.1) is 0 Å². The van der Waals surface area contributed by atoms with Gasteiger partial charge in [0.15, 0.2) is 0 Å². The molecule has 1 amide bonds. The smallest absolute Gasteiger partial charge is 0.391 e. The van der Waals surface area contributed by atoms with E-state index in [1.165, 1.54) is 12.1 Å². The number of benzene rings is 2. The molecule has 2 saturated heterocycles. The number of nitrogens with zero attached hydrogens (tertiary/aromatic N) is 2. The molecule has 0 aromatic heterocycles. The minimum absolute atomic E-state index is 0.0122. The molecule has 0 bridgehead atoms. The van der Waals surface area contributed by atoms with E-state index in [1.807, 2.05) is 24.3 Å². The Labute approximate surface area is 190 Å². The lowest BCUT2D eigenvalue weighted by molar-refractivity contribution is -0.137. The van der Waals surface area contributed by atoms with Gasteiger partial charge in [-0.2, -0.15) is 13.2 Å². The maximum atomic E-state index is 13.1. The highest BCUT2D eigenvalue weighted by Gasteiger charge is 2.32. The molecule has 2 fully saturated rings. The number of halogens is 3. The van der Waals surface area contributed by atoms with Crippen LogP contribution in [0.1, 0.15) is 36.8 Å². The Morgan fingerprint density at radius 2 is 1.64 bits per heavy atom. The van der Waals surface area contributed by atoms with Gasteiger partial charge in [0.1, 0.15) is 5.78 Å². The lowest BCUT2D eigenvalue weighted by Crippen LogP contribution is -2.42. The van der Waals surface area contributed by atoms with Crippen LogP contribution in [0.5, 0.6) is 0 Å². The average molecular weight is 460 g/mol. The standard InChI is InChI=1S/C25H27F3N2O3/c26-25(27,28)19-5-3-17(4-6-19)14-23(32)15-18-2-1-12-30(24(18)33)21-9-7-20(8-10-21)29-13-11-22(31)16-29/h3-10,18,22,31H,1-2,11-16H2/t18-,22+/m0/s1. The van der Waals surface area contributed by atoms with Crippen molar-refractivity contribution in [1.82, 2.24) is 0 Å². The third kappa shape index (κ3) is 5.55. The van der Waals surface area contributed by atoms with Crippen molar-refractivity contribution in [3.63, 3.8) is 0 Å². The van der Waals surface area contributed by atoms with Gasteiger partial charge in [-0.25, -0.2) is 0 Å². The van der Waals surface area contributed by atoms with E-state index in [0.717, 1.165) is 42.9 Å². The number of carbonyl (C=O) groups is 2. The maximum Gasteiger partial charge on any atom is 0.416 e. The summed E-state index contributed by atoms with van der Waals surface area (Å²) in [6, 6.07) is 12.3. The Morgan fingerprint density at radius 1 is 0.970 bits per heavy atom. The number of hydrogen-bond acceptors (Lipinski definition) is 4. The van der Waals surface area contributed by atoms with E-state index in [4.69, 9.17) is 0 Å². The van der Waals surface area contributed by atoms with Gasteiger partial charge in [-0.05, 0) is 61.2 Å². The topological polar surface area (TPSA) is 60.9 Å². The molecule has 176 valence electrons. The molecule has 33 heavy (non-hydrogen) atoms. The number of rotatable bonds is 6. The number of amides is 1. The molecule has 2 aliphatic heterocycles. The largest absolute Gasteiger partial charge is 0.416 e. The van der Waals surface area contributed by atoms with Gasteiger partial charge >= 0.3 is 6.18 Å². The highest BCUT2D eigenvalue weighted by atomic mass is 19.4. The van der Waals surface area contributed by atoms with Crippen LogP contribution in [-0.2, 0) is 22.2 Å². The first-order valence-electron chi connectivity index (χ1n) is 11.2. The van der Waals surface area contributed by atoms with E-state index in [9.17, 15) is 27.9 Å². The number of Topliss-reactive ketones (excluding diaryl/α,β-unsaturated/α-hetero) is 1. The number of β-amino-alcohol motifs (C(OH)–C–C–N with tert-alkyl or cyclic N) is 1. The predicted octanol–water partition coefficient (Wildman–Crippen LogP) is 4.22. The molecule has 5 nitrogen and oxygen atoms in total. The first-order valence-corrected chi connectivity index (χ1v) is 11.2. The van der Waals surface area contributed by atoms with E-state index in [2.05, 4.69) is 4.90 Å². The summed E-state index contributed by atoms with van der Waals surface area (Å²) in [6.45, 7) is 1.99. The van der Waals surface area contributed by atoms with Gasteiger partial charge in [0.2, 0.25) is 5.91 Å².